The molecule has 1 saturated carbocycles. The first-order chi connectivity index (χ1) is 8.72. The predicted octanol–water partition coefficient (Wildman–Crippen LogP) is 3.28. The summed E-state index contributed by atoms with van der Waals surface area (Å²) >= 11 is 0. The normalized spacial score (nSPS) is 35.0. The number of rotatable bonds is 4. The maximum absolute atomic E-state index is 3.75. The SMILES string of the molecule is CCNC1CCC(C(C)C)CC1N1CCCCC1. The number of likely N-dealkylation sites (tertiary alicyclic amines) is 1. The van der Waals surface area contributed by atoms with E-state index in [1.807, 2.05) is 0 Å². The third-order valence-electron chi connectivity index (χ3n) is 5.13. The van der Waals surface area contributed by atoms with E-state index in [1.165, 1.54) is 51.6 Å². The van der Waals surface area contributed by atoms with Crippen molar-refractivity contribution in [1.82, 2.24) is 10.2 Å². The zero-order valence-corrected chi connectivity index (χ0v) is 12.6. The van der Waals surface area contributed by atoms with E-state index in [1.54, 1.807) is 0 Å². The summed E-state index contributed by atoms with van der Waals surface area (Å²) in [4.78, 5) is 2.80. The van der Waals surface area contributed by atoms with E-state index in [0.717, 1.165) is 30.5 Å². The minimum Gasteiger partial charge on any atom is -0.313 e. The maximum atomic E-state index is 3.75. The van der Waals surface area contributed by atoms with Gasteiger partial charge in [-0.2, -0.15) is 0 Å². The van der Waals surface area contributed by atoms with Crippen LogP contribution in [0.4, 0.5) is 0 Å². The molecule has 1 saturated heterocycles. The zero-order valence-electron chi connectivity index (χ0n) is 12.6. The molecule has 1 aliphatic carbocycles. The van der Waals surface area contributed by atoms with Crippen LogP contribution in [0.2, 0.25) is 0 Å². The van der Waals surface area contributed by atoms with E-state index in [4.69, 9.17) is 0 Å². The van der Waals surface area contributed by atoms with Gasteiger partial charge in [0.2, 0.25) is 0 Å². The molecule has 3 atom stereocenters. The second-order valence-corrected chi connectivity index (χ2v) is 6.65. The molecule has 0 radical (unpaired) electrons. The molecule has 2 rings (SSSR count). The molecule has 0 aromatic heterocycles. The van der Waals surface area contributed by atoms with Crippen molar-refractivity contribution in [2.45, 2.75) is 71.4 Å². The summed E-state index contributed by atoms with van der Waals surface area (Å²) in [5, 5.41) is 3.75. The third-order valence-corrected chi connectivity index (χ3v) is 5.13. The quantitative estimate of drug-likeness (QED) is 0.826. The fraction of sp³-hybridized carbons (Fsp3) is 1.00. The van der Waals surface area contributed by atoms with Gasteiger partial charge in [-0.3, -0.25) is 4.90 Å². The lowest BCUT2D eigenvalue weighted by molar-refractivity contribution is 0.0690. The number of nitrogens with one attached hydrogen (secondary N) is 1. The van der Waals surface area contributed by atoms with Crippen molar-refractivity contribution in [2.24, 2.45) is 11.8 Å². The Morgan fingerprint density at radius 1 is 1.11 bits per heavy atom. The molecular weight excluding hydrogens is 220 g/mol. The van der Waals surface area contributed by atoms with Crippen LogP contribution in [-0.2, 0) is 0 Å². The van der Waals surface area contributed by atoms with Crippen LogP contribution in [0.3, 0.4) is 0 Å². The van der Waals surface area contributed by atoms with E-state index in [0.29, 0.717) is 0 Å². The Bertz CT molecular complexity index is 228. The van der Waals surface area contributed by atoms with Gasteiger partial charge in [0.05, 0.1) is 0 Å². The van der Waals surface area contributed by atoms with Gasteiger partial charge in [0.1, 0.15) is 0 Å². The van der Waals surface area contributed by atoms with Gasteiger partial charge < -0.3 is 5.32 Å². The average molecular weight is 252 g/mol. The van der Waals surface area contributed by atoms with Gasteiger partial charge in [-0.25, -0.2) is 0 Å². The number of hydrogen-bond acceptors (Lipinski definition) is 2. The highest BCUT2D eigenvalue weighted by Crippen LogP contribution is 2.33. The number of likely N-dealkylation sites (N-methyl/N-ethyl adjacent to an activating group) is 1. The highest BCUT2D eigenvalue weighted by molar-refractivity contribution is 4.92. The number of piperidine rings is 1. The molecule has 0 aromatic carbocycles. The smallest absolute Gasteiger partial charge is 0.0252 e. The Hall–Kier alpha value is -0.0800. The summed E-state index contributed by atoms with van der Waals surface area (Å²) in [6, 6.07) is 1.56. The molecule has 1 aliphatic heterocycles. The fourth-order valence-corrected chi connectivity index (χ4v) is 3.94. The topological polar surface area (TPSA) is 15.3 Å². The molecule has 0 spiro atoms. The maximum Gasteiger partial charge on any atom is 0.0252 e. The first kappa shape index (κ1) is 14.3. The minimum absolute atomic E-state index is 0.753. The Morgan fingerprint density at radius 3 is 2.44 bits per heavy atom. The van der Waals surface area contributed by atoms with E-state index >= 15 is 0 Å². The van der Waals surface area contributed by atoms with Gasteiger partial charge in [-0.05, 0) is 63.6 Å². The van der Waals surface area contributed by atoms with Crippen LogP contribution in [0.1, 0.15) is 59.3 Å². The standard InChI is InChI=1S/C16H32N2/c1-4-17-15-9-8-14(13(2)3)12-16(15)18-10-6-5-7-11-18/h13-17H,4-12H2,1-3H3. The average Bonchev–Trinajstić information content (AvgIpc) is 2.40. The Labute approximate surface area is 114 Å². The van der Waals surface area contributed by atoms with Crippen LogP contribution in [0, 0.1) is 11.8 Å². The summed E-state index contributed by atoms with van der Waals surface area (Å²) in [7, 11) is 0. The minimum atomic E-state index is 0.753. The van der Waals surface area contributed by atoms with Gasteiger partial charge in [0.25, 0.3) is 0 Å². The first-order valence-electron chi connectivity index (χ1n) is 8.19. The molecule has 3 unspecified atom stereocenters. The zero-order chi connectivity index (χ0) is 13.0. The molecule has 2 nitrogen and oxygen atoms in total. The van der Waals surface area contributed by atoms with Crippen molar-refractivity contribution in [3.8, 4) is 0 Å². The van der Waals surface area contributed by atoms with E-state index in [-0.39, 0.29) is 0 Å². The second kappa shape index (κ2) is 6.91. The molecule has 106 valence electrons. The lowest BCUT2D eigenvalue weighted by Crippen LogP contribution is -2.54. The molecule has 2 aliphatic rings. The summed E-state index contributed by atoms with van der Waals surface area (Å²) in [5.74, 6) is 1.81. The largest absolute Gasteiger partial charge is 0.313 e. The van der Waals surface area contributed by atoms with Crippen LogP contribution >= 0.6 is 0 Å². The number of hydrogen-bond donors (Lipinski definition) is 1. The van der Waals surface area contributed by atoms with Crippen molar-refractivity contribution < 1.29 is 0 Å². The van der Waals surface area contributed by atoms with Crippen molar-refractivity contribution in [1.29, 1.82) is 0 Å². The Balaban J connectivity index is 1.98. The molecule has 1 heterocycles. The highest BCUT2D eigenvalue weighted by Gasteiger charge is 2.35. The molecule has 18 heavy (non-hydrogen) atoms. The van der Waals surface area contributed by atoms with Gasteiger partial charge in [0, 0.05) is 12.1 Å². The molecule has 1 N–H and O–H groups in total. The Kier molecular flexibility index (Phi) is 5.50. The third kappa shape index (κ3) is 3.48. The molecule has 0 bridgehead atoms. The monoisotopic (exact) mass is 252 g/mol. The fourth-order valence-electron chi connectivity index (χ4n) is 3.94. The first-order valence-corrected chi connectivity index (χ1v) is 8.19. The van der Waals surface area contributed by atoms with Crippen molar-refractivity contribution >= 4 is 0 Å². The summed E-state index contributed by atoms with van der Waals surface area (Å²) in [5.41, 5.74) is 0. The van der Waals surface area contributed by atoms with Crippen LogP contribution in [0.25, 0.3) is 0 Å². The lowest BCUT2D eigenvalue weighted by Gasteiger charge is -2.45. The van der Waals surface area contributed by atoms with Gasteiger partial charge in [-0.1, -0.05) is 27.2 Å². The van der Waals surface area contributed by atoms with Crippen LogP contribution < -0.4 is 5.32 Å². The van der Waals surface area contributed by atoms with Gasteiger partial charge in [0.15, 0.2) is 0 Å². The molecule has 0 aromatic rings. The molecular formula is C16H32N2. The highest BCUT2D eigenvalue weighted by atomic mass is 15.2. The van der Waals surface area contributed by atoms with Crippen LogP contribution in [-0.4, -0.2) is 36.6 Å². The second-order valence-electron chi connectivity index (χ2n) is 6.65. The van der Waals surface area contributed by atoms with Crippen molar-refractivity contribution in [2.75, 3.05) is 19.6 Å². The van der Waals surface area contributed by atoms with Crippen LogP contribution in [0.5, 0.6) is 0 Å². The van der Waals surface area contributed by atoms with Gasteiger partial charge in [-0.15, -0.1) is 0 Å². The van der Waals surface area contributed by atoms with Crippen molar-refractivity contribution in [3.63, 3.8) is 0 Å². The Morgan fingerprint density at radius 2 is 1.83 bits per heavy atom. The van der Waals surface area contributed by atoms with E-state index in [2.05, 4.69) is 31.0 Å². The lowest BCUT2D eigenvalue weighted by atomic mass is 9.76. The van der Waals surface area contributed by atoms with Gasteiger partial charge >= 0.3 is 0 Å². The van der Waals surface area contributed by atoms with E-state index < -0.39 is 0 Å². The van der Waals surface area contributed by atoms with Crippen LogP contribution in [0.15, 0.2) is 0 Å². The molecule has 0 amide bonds. The summed E-state index contributed by atoms with van der Waals surface area (Å²) in [6.45, 7) is 10.9. The predicted molar refractivity (Wildman–Crippen MR) is 78.9 cm³/mol. The number of nitrogens with zero attached hydrogens (tertiary/aromatic N) is 1. The summed E-state index contributed by atoms with van der Waals surface area (Å²) < 4.78 is 0. The van der Waals surface area contributed by atoms with E-state index in [9.17, 15) is 0 Å². The van der Waals surface area contributed by atoms with Crippen molar-refractivity contribution in [3.05, 3.63) is 0 Å². The molecule has 2 fully saturated rings. The molecule has 2 heteroatoms. The summed E-state index contributed by atoms with van der Waals surface area (Å²) in [6.07, 6.45) is 8.53.